The molecule has 2 N–H and O–H groups in total. The Morgan fingerprint density at radius 1 is 1.33 bits per heavy atom. The molecule has 1 aromatic carbocycles. The van der Waals surface area contributed by atoms with Gasteiger partial charge in [0, 0.05) is 24.7 Å². The molecule has 142 valence electrons. The molecule has 2 aliphatic rings. The van der Waals surface area contributed by atoms with Crippen molar-refractivity contribution in [1.82, 2.24) is 9.97 Å². The lowest BCUT2D eigenvalue weighted by Crippen LogP contribution is -2.36. The summed E-state index contributed by atoms with van der Waals surface area (Å²) in [5.41, 5.74) is 1.70. The molecule has 1 fully saturated rings. The van der Waals surface area contributed by atoms with Gasteiger partial charge in [-0.1, -0.05) is 0 Å². The second kappa shape index (κ2) is 7.03. The molecule has 0 bridgehead atoms. The van der Waals surface area contributed by atoms with Crippen LogP contribution in [0.2, 0.25) is 0 Å². The molecule has 8 heteroatoms. The van der Waals surface area contributed by atoms with Gasteiger partial charge < -0.3 is 24.7 Å². The third-order valence-electron chi connectivity index (χ3n) is 4.40. The van der Waals surface area contributed by atoms with Crippen molar-refractivity contribution in [2.24, 2.45) is 0 Å². The summed E-state index contributed by atoms with van der Waals surface area (Å²) in [5, 5.41) is 2.59. The third kappa shape index (κ3) is 3.52. The highest BCUT2D eigenvalue weighted by molar-refractivity contribution is 6.35. The third-order valence-corrected chi connectivity index (χ3v) is 4.40. The van der Waals surface area contributed by atoms with Crippen molar-refractivity contribution in [2.75, 3.05) is 36.5 Å². The topological polar surface area (TPSA) is 79.5 Å². The number of aromatic amines is 1. The molecule has 0 aliphatic carbocycles. The summed E-state index contributed by atoms with van der Waals surface area (Å²) < 4.78 is 25.3. The fourth-order valence-corrected chi connectivity index (χ4v) is 3.20. The van der Waals surface area contributed by atoms with Crippen molar-refractivity contribution in [1.29, 1.82) is 0 Å². The van der Waals surface area contributed by atoms with Gasteiger partial charge in [0.05, 0.1) is 42.5 Å². The van der Waals surface area contributed by atoms with Crippen LogP contribution in [0, 0.1) is 5.82 Å². The van der Waals surface area contributed by atoms with E-state index in [0.29, 0.717) is 35.8 Å². The van der Waals surface area contributed by atoms with E-state index in [0.717, 1.165) is 19.0 Å². The number of morpholine rings is 1. The van der Waals surface area contributed by atoms with E-state index in [1.54, 1.807) is 18.3 Å². The second-order valence-corrected chi connectivity index (χ2v) is 6.77. The summed E-state index contributed by atoms with van der Waals surface area (Å²) in [5.74, 6) is 0.251. The van der Waals surface area contributed by atoms with Crippen molar-refractivity contribution in [3.8, 4) is 5.75 Å². The Morgan fingerprint density at radius 2 is 2.11 bits per heavy atom. The maximum atomic E-state index is 14.4. The van der Waals surface area contributed by atoms with Crippen LogP contribution in [0.3, 0.4) is 0 Å². The molecule has 0 radical (unpaired) electrons. The molecule has 0 atom stereocenters. The number of imidazole rings is 1. The summed E-state index contributed by atoms with van der Waals surface area (Å²) in [7, 11) is 0. The zero-order valence-electron chi connectivity index (χ0n) is 15.2. The van der Waals surface area contributed by atoms with Crippen molar-refractivity contribution < 1.29 is 18.7 Å². The molecule has 0 spiro atoms. The van der Waals surface area contributed by atoms with E-state index in [1.165, 1.54) is 6.07 Å². The van der Waals surface area contributed by atoms with Crippen LogP contribution in [-0.4, -0.2) is 48.3 Å². The normalized spacial score (nSPS) is 18.1. The number of amides is 1. The number of aromatic nitrogens is 2. The molecule has 7 nitrogen and oxygen atoms in total. The number of H-pyrrole nitrogens is 1. The largest absolute Gasteiger partial charge is 0.491 e. The fraction of sp³-hybridized carbons (Fsp3) is 0.368. The summed E-state index contributed by atoms with van der Waals surface area (Å²) in [6.07, 6.45) is 3.24. The minimum atomic E-state index is -0.515. The van der Waals surface area contributed by atoms with E-state index in [9.17, 15) is 9.18 Å². The van der Waals surface area contributed by atoms with Crippen LogP contribution < -0.4 is 15.0 Å². The number of hydrogen-bond donors (Lipinski definition) is 2. The Kier molecular flexibility index (Phi) is 4.57. The Morgan fingerprint density at radius 3 is 2.85 bits per heavy atom. The molecule has 0 unspecified atom stereocenters. The van der Waals surface area contributed by atoms with Gasteiger partial charge in [0.25, 0.3) is 5.91 Å². The molecule has 2 aromatic rings. The first kappa shape index (κ1) is 17.5. The van der Waals surface area contributed by atoms with Crippen LogP contribution in [0.5, 0.6) is 5.75 Å². The minimum absolute atomic E-state index is 0.0939. The fourth-order valence-electron chi connectivity index (χ4n) is 3.20. The number of nitrogens with one attached hydrogen (secondary N) is 2. The zero-order valence-corrected chi connectivity index (χ0v) is 15.2. The van der Waals surface area contributed by atoms with Gasteiger partial charge in [0.2, 0.25) is 5.95 Å². The average molecular weight is 372 g/mol. The van der Waals surface area contributed by atoms with Crippen molar-refractivity contribution in [3.05, 3.63) is 35.4 Å². The number of rotatable bonds is 4. The molecule has 2 aliphatic heterocycles. The van der Waals surface area contributed by atoms with E-state index >= 15 is 0 Å². The molecule has 27 heavy (non-hydrogen) atoms. The van der Waals surface area contributed by atoms with E-state index in [-0.39, 0.29) is 17.7 Å². The number of carbonyl (C=O) groups excluding carboxylic acids is 1. The molecule has 1 aromatic heterocycles. The highest BCUT2D eigenvalue weighted by atomic mass is 19.1. The van der Waals surface area contributed by atoms with Gasteiger partial charge in [0.15, 0.2) is 5.82 Å². The molecule has 1 saturated heterocycles. The smallest absolute Gasteiger partial charge is 0.256 e. The number of carbonyl (C=O) groups is 1. The van der Waals surface area contributed by atoms with E-state index in [2.05, 4.69) is 20.2 Å². The molecule has 0 saturated carbocycles. The van der Waals surface area contributed by atoms with Gasteiger partial charge in [0.1, 0.15) is 5.75 Å². The Bertz CT molecular complexity index is 900. The van der Waals surface area contributed by atoms with Crippen LogP contribution in [0.15, 0.2) is 18.3 Å². The lowest BCUT2D eigenvalue weighted by molar-refractivity contribution is -0.110. The van der Waals surface area contributed by atoms with Gasteiger partial charge >= 0.3 is 0 Å². The van der Waals surface area contributed by atoms with Gasteiger partial charge in [-0.15, -0.1) is 0 Å². The number of halogens is 1. The monoisotopic (exact) mass is 372 g/mol. The first-order valence-electron chi connectivity index (χ1n) is 8.92. The van der Waals surface area contributed by atoms with Crippen molar-refractivity contribution in [3.63, 3.8) is 0 Å². The van der Waals surface area contributed by atoms with Crippen molar-refractivity contribution >= 4 is 29.2 Å². The first-order valence-corrected chi connectivity index (χ1v) is 8.92. The van der Waals surface area contributed by atoms with Crippen LogP contribution in [-0.2, 0) is 9.53 Å². The second-order valence-electron chi connectivity index (χ2n) is 6.77. The van der Waals surface area contributed by atoms with Gasteiger partial charge in [-0.05, 0) is 26.0 Å². The summed E-state index contributed by atoms with van der Waals surface area (Å²) in [4.78, 5) is 22.0. The van der Waals surface area contributed by atoms with Crippen LogP contribution >= 0.6 is 0 Å². The van der Waals surface area contributed by atoms with Crippen LogP contribution in [0.4, 0.5) is 16.0 Å². The molecular weight excluding hydrogens is 351 g/mol. The van der Waals surface area contributed by atoms with Crippen LogP contribution in [0.1, 0.15) is 25.1 Å². The highest BCUT2D eigenvalue weighted by Gasteiger charge is 2.28. The predicted molar refractivity (Wildman–Crippen MR) is 100 cm³/mol. The van der Waals surface area contributed by atoms with Gasteiger partial charge in [-0.3, -0.25) is 4.79 Å². The quantitative estimate of drug-likeness (QED) is 0.807. The molecular formula is C19H21FN4O3. The van der Waals surface area contributed by atoms with E-state index in [1.807, 2.05) is 13.8 Å². The number of nitrogens with zero attached hydrogens (tertiary/aromatic N) is 2. The number of fused-ring (bicyclic) bond motifs is 1. The lowest BCUT2D eigenvalue weighted by atomic mass is 10.1. The van der Waals surface area contributed by atoms with Crippen LogP contribution in [0.25, 0.3) is 11.6 Å². The Hall–Kier alpha value is -2.87. The molecule has 3 heterocycles. The van der Waals surface area contributed by atoms with E-state index in [4.69, 9.17) is 9.47 Å². The standard InChI is InChI=1S/C19H21FN4O3/c1-11(2)27-13-8-14-15(18(25)23-17(14)16(20)9-13)7-12-10-21-19(22-12)24-3-5-26-6-4-24/h7-11H,3-6H2,1-2H3,(H,21,22)(H,23,25). The average Bonchev–Trinajstić information content (AvgIpc) is 3.22. The van der Waals surface area contributed by atoms with Gasteiger partial charge in [-0.2, -0.15) is 0 Å². The number of ether oxygens (including phenoxy) is 2. The lowest BCUT2D eigenvalue weighted by Gasteiger charge is -2.26. The summed E-state index contributed by atoms with van der Waals surface area (Å²) in [6.45, 7) is 6.56. The molecule has 4 rings (SSSR count). The Labute approximate surface area is 156 Å². The number of anilines is 2. The van der Waals surface area contributed by atoms with Gasteiger partial charge in [-0.25, -0.2) is 9.37 Å². The maximum absolute atomic E-state index is 14.4. The predicted octanol–water partition coefficient (Wildman–Crippen LogP) is 2.67. The van der Waals surface area contributed by atoms with Crippen molar-refractivity contribution in [2.45, 2.75) is 20.0 Å². The zero-order chi connectivity index (χ0) is 19.0. The number of benzene rings is 1. The minimum Gasteiger partial charge on any atom is -0.491 e. The summed E-state index contributed by atoms with van der Waals surface area (Å²) >= 11 is 0. The summed E-state index contributed by atoms with van der Waals surface area (Å²) in [6, 6.07) is 2.97. The highest BCUT2D eigenvalue weighted by Crippen LogP contribution is 2.38. The first-order chi connectivity index (χ1) is 13.0. The number of hydrogen-bond acceptors (Lipinski definition) is 5. The Balaban J connectivity index is 1.66. The maximum Gasteiger partial charge on any atom is 0.256 e. The SMILES string of the molecule is CC(C)Oc1cc(F)c2c(c1)C(=Cc1cnc(N3CCOCC3)[nH]1)C(=O)N2. The van der Waals surface area contributed by atoms with E-state index < -0.39 is 5.82 Å². The molecule has 1 amide bonds.